The summed E-state index contributed by atoms with van der Waals surface area (Å²) in [4.78, 5) is 13.7. The SMILES string of the molecule is Cl.Cn1cnnc1Sc1ccc(NC(=O)C2(CN)CCOCC2)cc1. The van der Waals surface area contributed by atoms with Crippen molar-refractivity contribution in [3.05, 3.63) is 30.6 Å². The molecule has 0 saturated carbocycles. The zero-order valence-corrected chi connectivity index (χ0v) is 15.6. The average molecular weight is 384 g/mol. The number of ether oxygens (including phenoxy) is 1. The van der Waals surface area contributed by atoms with Gasteiger partial charge in [0.1, 0.15) is 6.33 Å². The summed E-state index contributed by atoms with van der Waals surface area (Å²) in [7, 11) is 1.90. The molecular weight excluding hydrogens is 362 g/mol. The number of amides is 1. The topological polar surface area (TPSA) is 95.1 Å². The van der Waals surface area contributed by atoms with Crippen LogP contribution in [0.15, 0.2) is 40.6 Å². The summed E-state index contributed by atoms with van der Waals surface area (Å²) in [5.41, 5.74) is 6.11. The number of hydrogen-bond acceptors (Lipinski definition) is 6. The van der Waals surface area contributed by atoms with Gasteiger partial charge in [0, 0.05) is 37.4 Å². The van der Waals surface area contributed by atoms with E-state index in [1.165, 1.54) is 11.8 Å². The minimum absolute atomic E-state index is 0. The summed E-state index contributed by atoms with van der Waals surface area (Å²) in [6.07, 6.45) is 2.99. The Morgan fingerprint density at radius 1 is 1.36 bits per heavy atom. The second kappa shape index (κ2) is 8.66. The maximum atomic E-state index is 12.6. The molecule has 3 N–H and O–H groups in total. The molecular formula is C16H22ClN5O2S. The van der Waals surface area contributed by atoms with Crippen LogP contribution < -0.4 is 11.1 Å². The second-order valence-corrected chi connectivity index (χ2v) is 6.94. The van der Waals surface area contributed by atoms with Gasteiger partial charge >= 0.3 is 0 Å². The van der Waals surface area contributed by atoms with Crippen LogP contribution >= 0.6 is 24.2 Å². The quantitative estimate of drug-likeness (QED) is 0.820. The number of carbonyl (C=O) groups excluding carboxylic acids is 1. The first kappa shape index (κ1) is 19.7. The predicted molar refractivity (Wildman–Crippen MR) is 99.0 cm³/mol. The van der Waals surface area contributed by atoms with Crippen molar-refractivity contribution in [1.29, 1.82) is 0 Å². The molecule has 1 aromatic carbocycles. The molecule has 2 heterocycles. The zero-order chi connectivity index (χ0) is 17.0. The summed E-state index contributed by atoms with van der Waals surface area (Å²) in [6.45, 7) is 1.50. The number of rotatable bonds is 5. The van der Waals surface area contributed by atoms with Gasteiger partial charge in [-0.25, -0.2) is 0 Å². The molecule has 136 valence electrons. The van der Waals surface area contributed by atoms with Crippen LogP contribution in [0.3, 0.4) is 0 Å². The lowest BCUT2D eigenvalue weighted by molar-refractivity contribution is -0.130. The van der Waals surface area contributed by atoms with E-state index in [2.05, 4.69) is 15.5 Å². The van der Waals surface area contributed by atoms with Gasteiger partial charge in [0.25, 0.3) is 0 Å². The maximum Gasteiger partial charge on any atom is 0.232 e. The van der Waals surface area contributed by atoms with E-state index < -0.39 is 5.41 Å². The monoisotopic (exact) mass is 383 g/mol. The molecule has 1 saturated heterocycles. The number of benzene rings is 1. The third-order valence-electron chi connectivity index (χ3n) is 4.31. The Hall–Kier alpha value is -1.61. The van der Waals surface area contributed by atoms with Crippen molar-refractivity contribution >= 4 is 35.8 Å². The molecule has 9 heteroatoms. The molecule has 1 aliphatic heterocycles. The number of halogens is 1. The molecule has 1 aliphatic rings. The molecule has 0 radical (unpaired) electrons. The number of carbonyl (C=O) groups is 1. The van der Waals surface area contributed by atoms with Gasteiger partial charge in [0.15, 0.2) is 5.16 Å². The van der Waals surface area contributed by atoms with Gasteiger partial charge in [-0.1, -0.05) is 0 Å². The lowest BCUT2D eigenvalue weighted by Crippen LogP contribution is -2.46. The lowest BCUT2D eigenvalue weighted by Gasteiger charge is -2.34. The van der Waals surface area contributed by atoms with Crippen LogP contribution in [0.4, 0.5) is 5.69 Å². The van der Waals surface area contributed by atoms with E-state index in [-0.39, 0.29) is 18.3 Å². The third kappa shape index (κ3) is 4.52. The van der Waals surface area contributed by atoms with Gasteiger partial charge in [0.2, 0.25) is 5.91 Å². The predicted octanol–water partition coefficient (Wildman–Crippen LogP) is 2.08. The number of nitrogens with zero attached hydrogens (tertiary/aromatic N) is 3. The zero-order valence-electron chi connectivity index (χ0n) is 14.0. The normalized spacial score (nSPS) is 16.1. The van der Waals surface area contributed by atoms with E-state index in [0.29, 0.717) is 32.6 Å². The van der Waals surface area contributed by atoms with Gasteiger partial charge in [-0.3, -0.25) is 4.79 Å². The van der Waals surface area contributed by atoms with Crippen LogP contribution in [0, 0.1) is 5.41 Å². The molecule has 2 aromatic rings. The van der Waals surface area contributed by atoms with Crippen LogP contribution in [0.2, 0.25) is 0 Å². The molecule has 0 spiro atoms. The first-order chi connectivity index (χ1) is 11.6. The smallest absolute Gasteiger partial charge is 0.232 e. The maximum absolute atomic E-state index is 12.6. The summed E-state index contributed by atoms with van der Waals surface area (Å²) < 4.78 is 7.21. The van der Waals surface area contributed by atoms with E-state index in [1.807, 2.05) is 35.9 Å². The highest BCUT2D eigenvalue weighted by Crippen LogP contribution is 2.31. The highest BCUT2D eigenvalue weighted by atomic mass is 35.5. The van der Waals surface area contributed by atoms with Crippen molar-refractivity contribution in [3.63, 3.8) is 0 Å². The number of aromatic nitrogens is 3. The summed E-state index contributed by atoms with van der Waals surface area (Å²) in [6, 6.07) is 7.68. The number of aryl methyl sites for hydroxylation is 1. The minimum atomic E-state index is -0.524. The Balaban J connectivity index is 0.00000225. The van der Waals surface area contributed by atoms with Gasteiger partial charge < -0.3 is 20.4 Å². The Morgan fingerprint density at radius 3 is 2.60 bits per heavy atom. The van der Waals surface area contributed by atoms with E-state index in [0.717, 1.165) is 15.7 Å². The summed E-state index contributed by atoms with van der Waals surface area (Å²) >= 11 is 1.52. The summed E-state index contributed by atoms with van der Waals surface area (Å²) in [5.74, 6) is -0.0259. The Kier molecular flexibility index (Phi) is 6.83. The largest absolute Gasteiger partial charge is 0.381 e. The van der Waals surface area contributed by atoms with Crippen LogP contribution in [-0.2, 0) is 16.6 Å². The van der Waals surface area contributed by atoms with Crippen molar-refractivity contribution in [1.82, 2.24) is 14.8 Å². The molecule has 0 atom stereocenters. The second-order valence-electron chi connectivity index (χ2n) is 5.90. The molecule has 3 rings (SSSR count). The van der Waals surface area contributed by atoms with E-state index >= 15 is 0 Å². The van der Waals surface area contributed by atoms with Crippen molar-refractivity contribution in [3.8, 4) is 0 Å². The first-order valence-electron chi connectivity index (χ1n) is 7.84. The van der Waals surface area contributed by atoms with Crippen molar-refractivity contribution < 1.29 is 9.53 Å². The average Bonchev–Trinajstić information content (AvgIpc) is 3.02. The minimum Gasteiger partial charge on any atom is -0.381 e. The van der Waals surface area contributed by atoms with Crippen LogP contribution in [0.5, 0.6) is 0 Å². The van der Waals surface area contributed by atoms with Crippen LogP contribution in [0.25, 0.3) is 0 Å². The summed E-state index contributed by atoms with van der Waals surface area (Å²) in [5, 5.41) is 11.7. The van der Waals surface area contributed by atoms with Crippen molar-refractivity contribution in [2.75, 3.05) is 25.1 Å². The molecule has 25 heavy (non-hydrogen) atoms. The molecule has 0 aliphatic carbocycles. The number of nitrogens with one attached hydrogen (secondary N) is 1. The Labute approximate surface area is 157 Å². The molecule has 7 nitrogen and oxygen atoms in total. The van der Waals surface area contributed by atoms with Gasteiger partial charge in [-0.2, -0.15) is 0 Å². The van der Waals surface area contributed by atoms with Gasteiger partial charge in [0.05, 0.1) is 5.41 Å². The number of anilines is 1. The molecule has 0 bridgehead atoms. The highest BCUT2D eigenvalue weighted by Gasteiger charge is 2.38. The lowest BCUT2D eigenvalue weighted by atomic mass is 9.79. The first-order valence-corrected chi connectivity index (χ1v) is 8.66. The molecule has 1 fully saturated rings. The fraction of sp³-hybridized carbons (Fsp3) is 0.438. The highest BCUT2D eigenvalue weighted by molar-refractivity contribution is 7.99. The third-order valence-corrected chi connectivity index (χ3v) is 5.37. The van der Waals surface area contributed by atoms with E-state index in [1.54, 1.807) is 6.33 Å². The molecule has 1 amide bonds. The van der Waals surface area contributed by atoms with Gasteiger partial charge in [-0.05, 0) is 48.9 Å². The van der Waals surface area contributed by atoms with Crippen LogP contribution in [-0.4, -0.2) is 40.4 Å². The van der Waals surface area contributed by atoms with Crippen LogP contribution in [0.1, 0.15) is 12.8 Å². The Morgan fingerprint density at radius 2 is 2.04 bits per heavy atom. The molecule has 0 unspecified atom stereocenters. The van der Waals surface area contributed by atoms with Gasteiger partial charge in [-0.15, -0.1) is 22.6 Å². The van der Waals surface area contributed by atoms with Crippen molar-refractivity contribution in [2.45, 2.75) is 22.9 Å². The molecule has 1 aromatic heterocycles. The van der Waals surface area contributed by atoms with E-state index in [4.69, 9.17) is 10.5 Å². The van der Waals surface area contributed by atoms with Crippen molar-refractivity contribution in [2.24, 2.45) is 18.2 Å². The fourth-order valence-electron chi connectivity index (χ4n) is 2.63. The fourth-order valence-corrected chi connectivity index (χ4v) is 3.39. The van der Waals surface area contributed by atoms with E-state index in [9.17, 15) is 4.79 Å². The Bertz CT molecular complexity index is 701. The number of nitrogens with two attached hydrogens (primary N) is 1. The standard InChI is InChI=1S/C16H21N5O2S.ClH/c1-21-11-18-20-15(21)24-13-4-2-12(3-5-13)19-14(22)16(10-17)6-8-23-9-7-16;/h2-5,11H,6-10,17H2,1H3,(H,19,22);1H. The number of hydrogen-bond donors (Lipinski definition) is 2.